The number of rotatable bonds is 17. The Balaban J connectivity index is 2.62. The van der Waals surface area contributed by atoms with Crippen molar-refractivity contribution >= 4 is 0 Å². The largest absolute Gasteiger partial charge is 0.490 e. The Morgan fingerprint density at radius 2 is 1.30 bits per heavy atom. The molecular formula is C24H43NO2. The van der Waals surface area contributed by atoms with E-state index in [0.29, 0.717) is 0 Å². The van der Waals surface area contributed by atoms with E-state index in [0.717, 1.165) is 50.6 Å². The lowest BCUT2D eigenvalue weighted by molar-refractivity contribution is 0.257. The molecule has 0 radical (unpaired) electrons. The summed E-state index contributed by atoms with van der Waals surface area (Å²) in [5.41, 5.74) is 1.30. The van der Waals surface area contributed by atoms with Crippen LogP contribution in [0, 0.1) is 0 Å². The van der Waals surface area contributed by atoms with E-state index < -0.39 is 0 Å². The summed E-state index contributed by atoms with van der Waals surface area (Å²) >= 11 is 0. The second-order valence-electron chi connectivity index (χ2n) is 7.69. The molecule has 0 fully saturated rings. The lowest BCUT2D eigenvalue weighted by Gasteiger charge is -2.18. The molecule has 1 rings (SSSR count). The zero-order valence-corrected chi connectivity index (χ0v) is 18.4. The molecule has 3 nitrogen and oxygen atoms in total. The van der Waals surface area contributed by atoms with Crippen molar-refractivity contribution in [2.45, 2.75) is 91.5 Å². The van der Waals surface area contributed by atoms with Crippen LogP contribution in [0.1, 0.15) is 90.5 Å². The van der Waals surface area contributed by atoms with Gasteiger partial charge in [-0.05, 0) is 50.6 Å². The van der Waals surface area contributed by atoms with Gasteiger partial charge in [-0.1, -0.05) is 71.8 Å². The predicted molar refractivity (Wildman–Crippen MR) is 117 cm³/mol. The highest BCUT2D eigenvalue weighted by atomic mass is 16.5. The van der Waals surface area contributed by atoms with Crippen LogP contribution < -0.4 is 9.47 Å². The van der Waals surface area contributed by atoms with E-state index in [1.54, 1.807) is 0 Å². The van der Waals surface area contributed by atoms with E-state index in [1.807, 2.05) is 0 Å². The molecule has 156 valence electrons. The molecule has 0 saturated heterocycles. The molecule has 0 amide bonds. The van der Waals surface area contributed by atoms with Crippen molar-refractivity contribution < 1.29 is 9.47 Å². The number of unbranched alkanes of at least 4 members (excludes halogenated alkanes) is 7. The standard InChI is InChI=1S/C24H43NO2/c1-5-8-11-13-18-26-23-16-15-22(21-25(4)17-10-7-3)20-24(23)27-19-14-12-9-6-2/h15-16,20H,5-14,17-19,21H2,1-4H3. The Labute approximate surface area is 168 Å². The van der Waals surface area contributed by atoms with E-state index in [9.17, 15) is 0 Å². The molecule has 0 heterocycles. The van der Waals surface area contributed by atoms with Crippen molar-refractivity contribution in [3.8, 4) is 11.5 Å². The van der Waals surface area contributed by atoms with Gasteiger partial charge in [0.25, 0.3) is 0 Å². The van der Waals surface area contributed by atoms with Crippen molar-refractivity contribution in [1.29, 1.82) is 0 Å². The highest BCUT2D eigenvalue weighted by Crippen LogP contribution is 2.29. The number of hydrogen-bond acceptors (Lipinski definition) is 3. The van der Waals surface area contributed by atoms with Gasteiger partial charge in [0.15, 0.2) is 11.5 Å². The Morgan fingerprint density at radius 3 is 1.89 bits per heavy atom. The number of ether oxygens (including phenoxy) is 2. The van der Waals surface area contributed by atoms with Crippen LogP contribution in [0.15, 0.2) is 18.2 Å². The van der Waals surface area contributed by atoms with Crippen LogP contribution in [-0.2, 0) is 6.54 Å². The zero-order chi connectivity index (χ0) is 19.7. The highest BCUT2D eigenvalue weighted by molar-refractivity contribution is 5.43. The van der Waals surface area contributed by atoms with E-state index >= 15 is 0 Å². The van der Waals surface area contributed by atoms with Gasteiger partial charge in [-0.2, -0.15) is 0 Å². The lowest BCUT2D eigenvalue weighted by atomic mass is 10.1. The maximum absolute atomic E-state index is 6.12. The molecule has 3 heteroatoms. The van der Waals surface area contributed by atoms with Crippen LogP contribution >= 0.6 is 0 Å². The molecule has 0 aliphatic rings. The average molecular weight is 378 g/mol. The van der Waals surface area contributed by atoms with Crippen molar-refractivity contribution in [1.82, 2.24) is 4.90 Å². The van der Waals surface area contributed by atoms with Crippen LogP contribution in [0.2, 0.25) is 0 Å². The SMILES string of the molecule is CCCCCCOc1ccc(CN(C)CCCC)cc1OCCCCCC. The minimum atomic E-state index is 0.779. The van der Waals surface area contributed by atoms with E-state index in [4.69, 9.17) is 9.47 Å². The molecule has 0 unspecified atom stereocenters. The summed E-state index contributed by atoms with van der Waals surface area (Å²) < 4.78 is 12.2. The summed E-state index contributed by atoms with van der Waals surface area (Å²) in [4.78, 5) is 2.38. The lowest BCUT2D eigenvalue weighted by Crippen LogP contribution is -2.19. The fraction of sp³-hybridized carbons (Fsp3) is 0.750. The molecule has 1 aromatic carbocycles. The van der Waals surface area contributed by atoms with E-state index in [2.05, 4.69) is 50.9 Å². The summed E-state index contributed by atoms with van der Waals surface area (Å²) in [6.45, 7) is 10.4. The van der Waals surface area contributed by atoms with Gasteiger partial charge in [-0.25, -0.2) is 0 Å². The molecule has 0 aliphatic heterocycles. The van der Waals surface area contributed by atoms with Crippen molar-refractivity contribution in [2.24, 2.45) is 0 Å². The third-order valence-corrected chi connectivity index (χ3v) is 4.86. The quantitative estimate of drug-likeness (QED) is 0.277. The Morgan fingerprint density at radius 1 is 0.704 bits per heavy atom. The first kappa shape index (κ1) is 23.8. The van der Waals surface area contributed by atoms with Crippen LogP contribution in [0.5, 0.6) is 11.5 Å². The van der Waals surface area contributed by atoms with Gasteiger partial charge >= 0.3 is 0 Å². The van der Waals surface area contributed by atoms with Gasteiger partial charge in [0.2, 0.25) is 0 Å². The van der Waals surface area contributed by atoms with E-state index in [1.165, 1.54) is 56.9 Å². The van der Waals surface area contributed by atoms with E-state index in [-0.39, 0.29) is 0 Å². The molecule has 0 bridgehead atoms. The van der Waals surface area contributed by atoms with Gasteiger partial charge in [0, 0.05) is 6.54 Å². The molecule has 0 aliphatic carbocycles. The zero-order valence-electron chi connectivity index (χ0n) is 18.4. The molecule has 0 aromatic heterocycles. The first-order chi connectivity index (χ1) is 13.2. The molecular weight excluding hydrogens is 334 g/mol. The minimum Gasteiger partial charge on any atom is -0.490 e. The van der Waals surface area contributed by atoms with Gasteiger partial charge < -0.3 is 14.4 Å². The third kappa shape index (κ3) is 11.3. The highest BCUT2D eigenvalue weighted by Gasteiger charge is 2.09. The summed E-state index contributed by atoms with van der Waals surface area (Å²) in [6, 6.07) is 6.47. The second kappa shape index (κ2) is 15.8. The maximum Gasteiger partial charge on any atom is 0.161 e. The predicted octanol–water partition coefficient (Wildman–Crippen LogP) is 6.84. The summed E-state index contributed by atoms with van der Waals surface area (Å²) in [5.74, 6) is 1.82. The van der Waals surface area contributed by atoms with Gasteiger partial charge in [-0.3, -0.25) is 0 Å². The van der Waals surface area contributed by atoms with Crippen molar-refractivity contribution in [3.05, 3.63) is 23.8 Å². The first-order valence-electron chi connectivity index (χ1n) is 11.3. The smallest absolute Gasteiger partial charge is 0.161 e. The Bertz CT molecular complexity index is 475. The third-order valence-electron chi connectivity index (χ3n) is 4.86. The van der Waals surface area contributed by atoms with Crippen LogP contribution in [0.3, 0.4) is 0 Å². The number of benzene rings is 1. The molecule has 27 heavy (non-hydrogen) atoms. The molecule has 0 spiro atoms. The minimum absolute atomic E-state index is 0.779. The monoisotopic (exact) mass is 377 g/mol. The fourth-order valence-corrected chi connectivity index (χ4v) is 3.12. The second-order valence-corrected chi connectivity index (χ2v) is 7.69. The normalized spacial score (nSPS) is 11.1. The van der Waals surface area contributed by atoms with Crippen molar-refractivity contribution in [3.63, 3.8) is 0 Å². The van der Waals surface area contributed by atoms with Crippen LogP contribution in [0.25, 0.3) is 0 Å². The van der Waals surface area contributed by atoms with Gasteiger partial charge in [-0.15, -0.1) is 0 Å². The summed E-state index contributed by atoms with van der Waals surface area (Å²) in [7, 11) is 2.19. The summed E-state index contributed by atoms with van der Waals surface area (Å²) in [5, 5.41) is 0. The maximum atomic E-state index is 6.12. The number of nitrogens with zero attached hydrogens (tertiary/aromatic N) is 1. The van der Waals surface area contributed by atoms with Gasteiger partial charge in [0.1, 0.15) is 0 Å². The van der Waals surface area contributed by atoms with Crippen molar-refractivity contribution in [2.75, 3.05) is 26.8 Å². The van der Waals surface area contributed by atoms with Crippen LogP contribution in [0.4, 0.5) is 0 Å². The summed E-state index contributed by atoms with van der Waals surface area (Å²) in [6.07, 6.45) is 12.3. The number of hydrogen-bond donors (Lipinski definition) is 0. The van der Waals surface area contributed by atoms with Crippen LogP contribution in [-0.4, -0.2) is 31.7 Å². The molecule has 0 saturated carbocycles. The van der Waals surface area contributed by atoms with Gasteiger partial charge in [0.05, 0.1) is 13.2 Å². The fourth-order valence-electron chi connectivity index (χ4n) is 3.12. The molecule has 0 atom stereocenters. The first-order valence-corrected chi connectivity index (χ1v) is 11.3. The average Bonchev–Trinajstić information content (AvgIpc) is 2.67. The molecule has 1 aromatic rings. The Kier molecular flexibility index (Phi) is 13.9. The topological polar surface area (TPSA) is 21.7 Å². The Hall–Kier alpha value is -1.22. The molecule has 0 N–H and O–H groups in total.